The standard InChI is InChI=1S/C14H10N2OS.2C2H6.CH4/c17-13(10-6-2-1-3-7-10)16-14-15-11-8-4-5-9-12(11)18-14;2*1-2;/h1-9H,(H,15,16,17);2*1-2H3;1H4. The minimum Gasteiger partial charge on any atom is -0.298 e. The first-order valence-electron chi connectivity index (χ1n) is 7.55. The van der Waals surface area contributed by atoms with Crippen molar-refractivity contribution in [2.45, 2.75) is 35.1 Å². The molecule has 0 fully saturated rings. The zero-order valence-electron chi connectivity index (χ0n) is 13.5. The van der Waals surface area contributed by atoms with Gasteiger partial charge in [0, 0.05) is 5.56 Å². The van der Waals surface area contributed by atoms with Crippen molar-refractivity contribution in [3.63, 3.8) is 0 Å². The SMILES string of the molecule is C.CC.CC.O=C(Nc1nc2ccccc2s1)c1ccccc1. The highest BCUT2D eigenvalue weighted by Gasteiger charge is 2.08. The summed E-state index contributed by atoms with van der Waals surface area (Å²) in [6.45, 7) is 8.00. The zero-order chi connectivity index (χ0) is 16.4. The molecule has 0 aliphatic heterocycles. The molecular weight excluding hydrogens is 304 g/mol. The predicted molar refractivity (Wildman–Crippen MR) is 103 cm³/mol. The minimum atomic E-state index is -0.130. The monoisotopic (exact) mass is 330 g/mol. The molecule has 0 saturated carbocycles. The normalized spacial score (nSPS) is 8.70. The van der Waals surface area contributed by atoms with Gasteiger partial charge in [0.25, 0.3) is 5.91 Å². The molecule has 0 spiro atoms. The number of amides is 1. The van der Waals surface area contributed by atoms with Crippen molar-refractivity contribution in [2.24, 2.45) is 0 Å². The third-order valence-corrected chi connectivity index (χ3v) is 3.50. The summed E-state index contributed by atoms with van der Waals surface area (Å²) in [6, 6.07) is 16.9. The molecular formula is C19H26N2OS. The fourth-order valence-corrected chi connectivity index (χ4v) is 2.55. The summed E-state index contributed by atoms with van der Waals surface area (Å²) in [5.74, 6) is -0.130. The number of carbonyl (C=O) groups excluding carboxylic acids is 1. The molecule has 0 aliphatic rings. The average Bonchev–Trinajstić information content (AvgIpc) is 3.01. The molecule has 3 nitrogen and oxygen atoms in total. The number of thiazole rings is 1. The van der Waals surface area contributed by atoms with Gasteiger partial charge in [-0.1, -0.05) is 76.8 Å². The van der Waals surface area contributed by atoms with Crippen molar-refractivity contribution in [2.75, 3.05) is 5.32 Å². The Labute approximate surface area is 143 Å². The van der Waals surface area contributed by atoms with E-state index in [0.717, 1.165) is 10.2 Å². The lowest BCUT2D eigenvalue weighted by Gasteiger charge is -2.00. The molecule has 23 heavy (non-hydrogen) atoms. The summed E-state index contributed by atoms with van der Waals surface area (Å²) < 4.78 is 1.07. The van der Waals surface area contributed by atoms with Crippen molar-refractivity contribution in [1.82, 2.24) is 4.98 Å². The number of para-hydroxylation sites is 1. The summed E-state index contributed by atoms with van der Waals surface area (Å²) >= 11 is 1.48. The number of fused-ring (bicyclic) bond motifs is 1. The first kappa shape index (κ1) is 20.8. The van der Waals surface area contributed by atoms with Gasteiger partial charge in [0.1, 0.15) is 0 Å². The molecule has 0 saturated heterocycles. The summed E-state index contributed by atoms with van der Waals surface area (Å²) in [7, 11) is 0. The van der Waals surface area contributed by atoms with Crippen molar-refractivity contribution >= 4 is 32.6 Å². The molecule has 124 valence electrons. The number of aromatic nitrogens is 1. The Morgan fingerprint density at radius 3 is 2.09 bits per heavy atom. The molecule has 0 unspecified atom stereocenters. The fraction of sp³-hybridized carbons (Fsp3) is 0.263. The molecule has 1 heterocycles. The first-order valence-corrected chi connectivity index (χ1v) is 8.36. The van der Waals surface area contributed by atoms with E-state index in [1.165, 1.54) is 11.3 Å². The van der Waals surface area contributed by atoms with Gasteiger partial charge in [-0.2, -0.15) is 0 Å². The molecule has 1 aromatic heterocycles. The van der Waals surface area contributed by atoms with Crippen molar-refractivity contribution in [1.29, 1.82) is 0 Å². The maximum atomic E-state index is 11.9. The Hall–Kier alpha value is -2.20. The molecule has 2 aromatic carbocycles. The van der Waals surface area contributed by atoms with Gasteiger partial charge in [-0.15, -0.1) is 0 Å². The number of hydrogen-bond acceptors (Lipinski definition) is 3. The van der Waals surface area contributed by atoms with Crippen LogP contribution >= 0.6 is 11.3 Å². The maximum Gasteiger partial charge on any atom is 0.257 e. The topological polar surface area (TPSA) is 42.0 Å². The number of nitrogens with zero attached hydrogens (tertiary/aromatic N) is 1. The van der Waals surface area contributed by atoms with E-state index in [0.29, 0.717) is 10.7 Å². The Balaban J connectivity index is 0.000000901. The van der Waals surface area contributed by atoms with E-state index in [4.69, 9.17) is 0 Å². The van der Waals surface area contributed by atoms with Crippen LogP contribution in [0.1, 0.15) is 45.5 Å². The van der Waals surface area contributed by atoms with Gasteiger partial charge < -0.3 is 0 Å². The Morgan fingerprint density at radius 1 is 0.913 bits per heavy atom. The van der Waals surface area contributed by atoms with Crippen LogP contribution in [0.3, 0.4) is 0 Å². The van der Waals surface area contributed by atoms with E-state index < -0.39 is 0 Å². The molecule has 0 atom stereocenters. The lowest BCUT2D eigenvalue weighted by Crippen LogP contribution is -2.11. The van der Waals surface area contributed by atoms with Gasteiger partial charge in [0.15, 0.2) is 5.13 Å². The van der Waals surface area contributed by atoms with Gasteiger partial charge in [-0.25, -0.2) is 4.98 Å². The van der Waals surface area contributed by atoms with Crippen LogP contribution in [0, 0.1) is 0 Å². The first-order chi connectivity index (χ1) is 10.8. The number of carbonyl (C=O) groups is 1. The number of nitrogens with one attached hydrogen (secondary N) is 1. The largest absolute Gasteiger partial charge is 0.298 e. The second-order valence-corrected chi connectivity index (χ2v) is 4.84. The molecule has 0 bridgehead atoms. The molecule has 3 aromatic rings. The van der Waals surface area contributed by atoms with E-state index in [9.17, 15) is 4.79 Å². The van der Waals surface area contributed by atoms with Crippen LogP contribution in [0.25, 0.3) is 10.2 Å². The zero-order valence-corrected chi connectivity index (χ0v) is 14.3. The Kier molecular flexibility index (Phi) is 10.3. The van der Waals surface area contributed by atoms with Crippen LogP contribution in [-0.4, -0.2) is 10.9 Å². The van der Waals surface area contributed by atoms with E-state index in [1.807, 2.05) is 70.2 Å². The molecule has 0 aliphatic carbocycles. The summed E-state index contributed by atoms with van der Waals surface area (Å²) in [4.78, 5) is 16.3. The van der Waals surface area contributed by atoms with Gasteiger partial charge in [0.2, 0.25) is 0 Å². The summed E-state index contributed by atoms with van der Waals surface area (Å²) in [5.41, 5.74) is 1.54. The van der Waals surface area contributed by atoms with Crippen molar-refractivity contribution in [3.05, 3.63) is 60.2 Å². The molecule has 0 radical (unpaired) electrons. The fourth-order valence-electron chi connectivity index (χ4n) is 1.68. The molecule has 3 rings (SSSR count). The third kappa shape index (κ3) is 5.83. The van der Waals surface area contributed by atoms with E-state index in [-0.39, 0.29) is 13.3 Å². The second kappa shape index (κ2) is 11.4. The second-order valence-electron chi connectivity index (χ2n) is 3.81. The average molecular weight is 330 g/mol. The Morgan fingerprint density at radius 2 is 1.48 bits per heavy atom. The molecule has 1 amide bonds. The minimum absolute atomic E-state index is 0. The number of hydrogen-bond donors (Lipinski definition) is 1. The Bertz CT molecular complexity index is 660. The number of benzene rings is 2. The van der Waals surface area contributed by atoms with Crippen LogP contribution in [0.2, 0.25) is 0 Å². The maximum absolute atomic E-state index is 11.9. The van der Waals surface area contributed by atoms with Crippen molar-refractivity contribution in [3.8, 4) is 0 Å². The predicted octanol–water partition coefficient (Wildman–Crippen LogP) is 6.24. The van der Waals surface area contributed by atoms with Gasteiger partial charge >= 0.3 is 0 Å². The van der Waals surface area contributed by atoms with Crippen LogP contribution in [-0.2, 0) is 0 Å². The molecule has 4 heteroatoms. The van der Waals surface area contributed by atoms with Crippen LogP contribution in [0.4, 0.5) is 5.13 Å². The van der Waals surface area contributed by atoms with Gasteiger partial charge in [0.05, 0.1) is 10.2 Å². The number of anilines is 1. The van der Waals surface area contributed by atoms with Gasteiger partial charge in [-0.3, -0.25) is 10.1 Å². The van der Waals surface area contributed by atoms with E-state index in [1.54, 1.807) is 12.1 Å². The summed E-state index contributed by atoms with van der Waals surface area (Å²) in [5, 5.41) is 3.45. The lowest BCUT2D eigenvalue weighted by atomic mass is 10.2. The number of rotatable bonds is 2. The third-order valence-electron chi connectivity index (χ3n) is 2.55. The van der Waals surface area contributed by atoms with Gasteiger partial charge in [-0.05, 0) is 24.3 Å². The van der Waals surface area contributed by atoms with Crippen LogP contribution in [0.5, 0.6) is 0 Å². The lowest BCUT2D eigenvalue weighted by molar-refractivity contribution is 0.102. The quantitative estimate of drug-likeness (QED) is 0.604. The van der Waals surface area contributed by atoms with Crippen molar-refractivity contribution < 1.29 is 4.79 Å². The molecule has 1 N–H and O–H groups in total. The summed E-state index contributed by atoms with van der Waals surface area (Å²) in [6.07, 6.45) is 0. The smallest absolute Gasteiger partial charge is 0.257 e. The highest BCUT2D eigenvalue weighted by molar-refractivity contribution is 7.22. The highest BCUT2D eigenvalue weighted by atomic mass is 32.1. The van der Waals surface area contributed by atoms with E-state index in [2.05, 4.69) is 10.3 Å². The van der Waals surface area contributed by atoms with E-state index >= 15 is 0 Å². The van der Waals surface area contributed by atoms with Crippen LogP contribution in [0.15, 0.2) is 54.6 Å². The van der Waals surface area contributed by atoms with Crippen LogP contribution < -0.4 is 5.32 Å². The highest BCUT2D eigenvalue weighted by Crippen LogP contribution is 2.25.